The summed E-state index contributed by atoms with van der Waals surface area (Å²) in [5, 5.41) is 8.92. The Morgan fingerprint density at radius 2 is 1.87 bits per heavy atom. The lowest BCUT2D eigenvalue weighted by Gasteiger charge is -2.32. The highest BCUT2D eigenvalue weighted by atomic mass is 19.1. The van der Waals surface area contributed by atoms with Gasteiger partial charge < -0.3 is 14.0 Å². The molecule has 1 atom stereocenters. The zero-order chi connectivity index (χ0) is 25.9. The van der Waals surface area contributed by atoms with E-state index in [4.69, 9.17) is 24.7 Å². The van der Waals surface area contributed by atoms with Crippen LogP contribution in [0.5, 0.6) is 5.88 Å². The minimum Gasteiger partial charge on any atom is -0.473 e. The van der Waals surface area contributed by atoms with Crippen LogP contribution < -0.4 is 4.74 Å². The molecule has 2 aromatic carbocycles. The third kappa shape index (κ3) is 5.26. The van der Waals surface area contributed by atoms with Gasteiger partial charge in [-0.25, -0.2) is 14.4 Å². The van der Waals surface area contributed by atoms with Crippen molar-refractivity contribution in [3.8, 4) is 11.9 Å². The molecule has 6 rings (SSSR count). The second kappa shape index (κ2) is 10.9. The van der Waals surface area contributed by atoms with Crippen molar-refractivity contribution in [1.29, 1.82) is 5.26 Å². The summed E-state index contributed by atoms with van der Waals surface area (Å²) in [5.74, 6) is 1.49. The third-order valence-electron chi connectivity index (χ3n) is 7.59. The Balaban J connectivity index is 1.08. The smallest absolute Gasteiger partial charge is 0.213 e. The molecule has 2 saturated heterocycles. The summed E-state index contributed by atoms with van der Waals surface area (Å²) in [4.78, 5) is 12.2. The molecule has 38 heavy (non-hydrogen) atoms. The maximum atomic E-state index is 14.2. The van der Waals surface area contributed by atoms with Gasteiger partial charge in [-0.1, -0.05) is 24.3 Å². The number of aromatic nitrogens is 3. The van der Waals surface area contributed by atoms with E-state index in [1.807, 2.05) is 24.3 Å². The van der Waals surface area contributed by atoms with Crippen LogP contribution in [0.2, 0.25) is 0 Å². The first-order chi connectivity index (χ1) is 18.7. The summed E-state index contributed by atoms with van der Waals surface area (Å²) in [6, 6.07) is 20.5. The van der Waals surface area contributed by atoms with Crippen LogP contribution in [0, 0.1) is 17.1 Å². The predicted octanol–water partition coefficient (Wildman–Crippen LogP) is 5.19. The van der Waals surface area contributed by atoms with Gasteiger partial charge in [0.15, 0.2) is 0 Å². The predicted molar refractivity (Wildman–Crippen MR) is 141 cm³/mol. The number of nitriles is 1. The van der Waals surface area contributed by atoms with Crippen molar-refractivity contribution in [2.75, 3.05) is 19.7 Å². The topological polar surface area (TPSA) is 76.2 Å². The molecule has 2 aromatic heterocycles. The van der Waals surface area contributed by atoms with Gasteiger partial charge in [0.05, 0.1) is 41.9 Å². The summed E-state index contributed by atoms with van der Waals surface area (Å²) < 4.78 is 28.1. The fourth-order valence-electron chi connectivity index (χ4n) is 5.29. The number of hydrogen-bond acceptors (Lipinski definition) is 6. The van der Waals surface area contributed by atoms with E-state index in [1.165, 1.54) is 11.6 Å². The number of nitrogens with zero attached hydrogens (tertiary/aromatic N) is 5. The maximum absolute atomic E-state index is 14.2. The molecule has 0 radical (unpaired) electrons. The number of likely N-dealkylation sites (tertiary alicyclic amines) is 1. The van der Waals surface area contributed by atoms with Gasteiger partial charge in [-0.3, -0.25) is 4.90 Å². The Kier molecular flexibility index (Phi) is 7.04. The molecule has 1 unspecified atom stereocenters. The van der Waals surface area contributed by atoms with Crippen molar-refractivity contribution in [1.82, 2.24) is 19.4 Å². The molecule has 2 fully saturated rings. The van der Waals surface area contributed by atoms with E-state index in [-0.39, 0.29) is 12.7 Å². The van der Waals surface area contributed by atoms with Gasteiger partial charge in [-0.2, -0.15) is 5.26 Å². The number of pyridine rings is 1. The number of fused-ring (bicyclic) bond motifs is 1. The van der Waals surface area contributed by atoms with Gasteiger partial charge in [-0.05, 0) is 62.7 Å². The molecule has 4 aromatic rings. The number of halogens is 1. The molecule has 7 nitrogen and oxygen atoms in total. The summed E-state index contributed by atoms with van der Waals surface area (Å²) in [7, 11) is 0. The Morgan fingerprint density at radius 3 is 2.63 bits per heavy atom. The molecule has 2 aliphatic heterocycles. The third-order valence-corrected chi connectivity index (χ3v) is 7.59. The fraction of sp³-hybridized carbons (Fsp3) is 0.367. The van der Waals surface area contributed by atoms with Crippen LogP contribution in [-0.2, 0) is 24.4 Å². The second-order valence-corrected chi connectivity index (χ2v) is 10.1. The Hall–Kier alpha value is -3.80. The standard InChI is InChI=1S/C30H30FN5O2/c31-25-16-21(17-32)8-9-23(25)20-38-30-7-3-5-26(34-30)22-10-13-35(14-11-22)19-29-33-27-4-1-2-6-28(27)36(29)18-24-12-15-37-24/h1-9,16,22,24H,10-15,18-20H2. The number of para-hydroxylation sites is 2. The van der Waals surface area contributed by atoms with Gasteiger partial charge in [0.2, 0.25) is 5.88 Å². The Bertz CT molecular complexity index is 1470. The molecule has 0 amide bonds. The first-order valence-corrected chi connectivity index (χ1v) is 13.2. The zero-order valence-corrected chi connectivity index (χ0v) is 21.2. The second-order valence-electron chi connectivity index (χ2n) is 10.1. The summed E-state index contributed by atoms with van der Waals surface area (Å²) in [6.07, 6.45) is 3.40. The monoisotopic (exact) mass is 511 g/mol. The van der Waals surface area contributed by atoms with E-state index in [0.29, 0.717) is 22.9 Å². The number of rotatable bonds is 8. The Labute approximate surface area is 221 Å². The lowest BCUT2D eigenvalue weighted by atomic mass is 9.93. The molecule has 0 bridgehead atoms. The van der Waals surface area contributed by atoms with Crippen LogP contribution in [0.1, 0.15) is 47.8 Å². The quantitative estimate of drug-likeness (QED) is 0.324. The molecule has 0 saturated carbocycles. The lowest BCUT2D eigenvalue weighted by molar-refractivity contribution is -0.0592. The van der Waals surface area contributed by atoms with Crippen LogP contribution in [0.25, 0.3) is 11.0 Å². The molecular formula is C30H30FN5O2. The highest BCUT2D eigenvalue weighted by Crippen LogP contribution is 2.29. The molecule has 8 heteroatoms. The van der Waals surface area contributed by atoms with Crippen molar-refractivity contribution < 1.29 is 13.9 Å². The van der Waals surface area contributed by atoms with E-state index in [2.05, 4.69) is 27.7 Å². The first-order valence-electron chi connectivity index (χ1n) is 13.2. The number of hydrogen-bond donors (Lipinski definition) is 0. The fourth-order valence-corrected chi connectivity index (χ4v) is 5.29. The molecular weight excluding hydrogens is 481 g/mol. The highest BCUT2D eigenvalue weighted by Gasteiger charge is 2.25. The largest absolute Gasteiger partial charge is 0.473 e. The van der Waals surface area contributed by atoms with Gasteiger partial charge in [0.1, 0.15) is 18.2 Å². The van der Waals surface area contributed by atoms with Gasteiger partial charge in [-0.15, -0.1) is 0 Å². The lowest BCUT2D eigenvalue weighted by Crippen LogP contribution is -2.35. The zero-order valence-electron chi connectivity index (χ0n) is 21.2. The SMILES string of the molecule is N#Cc1ccc(COc2cccc(C3CCN(Cc4nc5ccccc5n4CC4CCO4)CC3)n2)c(F)c1. The normalized spacial score (nSPS) is 18.3. The summed E-state index contributed by atoms with van der Waals surface area (Å²) >= 11 is 0. The molecule has 2 aliphatic rings. The molecule has 0 spiro atoms. The molecule has 4 heterocycles. The number of imidazole rings is 1. The van der Waals surface area contributed by atoms with Crippen molar-refractivity contribution in [2.24, 2.45) is 0 Å². The van der Waals surface area contributed by atoms with Crippen LogP contribution >= 0.6 is 0 Å². The summed E-state index contributed by atoms with van der Waals surface area (Å²) in [5.41, 5.74) is 3.92. The van der Waals surface area contributed by atoms with Gasteiger partial charge in [0.25, 0.3) is 0 Å². The minimum atomic E-state index is -0.443. The minimum absolute atomic E-state index is 0.0688. The van der Waals surface area contributed by atoms with Gasteiger partial charge in [0, 0.05) is 29.8 Å². The van der Waals surface area contributed by atoms with Crippen LogP contribution in [-0.4, -0.2) is 45.2 Å². The van der Waals surface area contributed by atoms with Crippen LogP contribution in [0.3, 0.4) is 0 Å². The molecule has 0 N–H and O–H groups in total. The van der Waals surface area contributed by atoms with Crippen LogP contribution in [0.4, 0.5) is 4.39 Å². The van der Waals surface area contributed by atoms with Crippen molar-refractivity contribution >= 4 is 11.0 Å². The Morgan fingerprint density at radius 1 is 1.03 bits per heavy atom. The maximum Gasteiger partial charge on any atom is 0.213 e. The number of ether oxygens (including phenoxy) is 2. The number of piperidine rings is 1. The van der Waals surface area contributed by atoms with Crippen molar-refractivity contribution in [2.45, 2.75) is 51.0 Å². The first kappa shape index (κ1) is 24.5. The van der Waals surface area contributed by atoms with E-state index in [9.17, 15) is 4.39 Å². The molecule has 0 aliphatic carbocycles. The molecule has 194 valence electrons. The van der Waals surface area contributed by atoms with E-state index < -0.39 is 5.82 Å². The van der Waals surface area contributed by atoms with E-state index in [0.717, 1.165) is 69.1 Å². The van der Waals surface area contributed by atoms with Crippen molar-refractivity contribution in [3.05, 3.63) is 89.1 Å². The highest BCUT2D eigenvalue weighted by molar-refractivity contribution is 5.75. The number of benzene rings is 2. The average molecular weight is 512 g/mol. The van der Waals surface area contributed by atoms with E-state index >= 15 is 0 Å². The van der Waals surface area contributed by atoms with Gasteiger partial charge >= 0.3 is 0 Å². The van der Waals surface area contributed by atoms with E-state index in [1.54, 1.807) is 18.2 Å². The van der Waals surface area contributed by atoms with Crippen molar-refractivity contribution in [3.63, 3.8) is 0 Å². The average Bonchev–Trinajstić information content (AvgIpc) is 3.27. The summed E-state index contributed by atoms with van der Waals surface area (Å²) in [6.45, 7) is 4.54. The van der Waals surface area contributed by atoms with Crippen LogP contribution in [0.15, 0.2) is 60.7 Å².